The van der Waals surface area contributed by atoms with E-state index in [9.17, 15) is 5.11 Å². The normalized spacial score (nSPS) is 23.2. The molecule has 138 valence electrons. The maximum atomic E-state index is 11.0. The van der Waals surface area contributed by atoms with Crippen LogP contribution in [0.2, 0.25) is 0 Å². The number of aliphatic hydroxyl groups is 1. The lowest BCUT2D eigenvalue weighted by molar-refractivity contribution is -0.0278. The summed E-state index contributed by atoms with van der Waals surface area (Å²) in [5, 5.41) is 15.2. The van der Waals surface area contributed by atoms with Gasteiger partial charge in [-0.15, -0.1) is 0 Å². The van der Waals surface area contributed by atoms with Crippen molar-refractivity contribution in [2.24, 2.45) is 5.92 Å². The van der Waals surface area contributed by atoms with Crippen LogP contribution in [0, 0.1) is 5.92 Å². The lowest BCUT2D eigenvalue weighted by atomic mass is 9.86. The zero-order valence-corrected chi connectivity index (χ0v) is 15.3. The fourth-order valence-electron chi connectivity index (χ4n) is 4.18. The molecular weight excluding hydrogens is 324 g/mol. The molecule has 0 bridgehead atoms. The molecule has 1 saturated heterocycles. The van der Waals surface area contributed by atoms with Gasteiger partial charge in [-0.25, -0.2) is 0 Å². The summed E-state index contributed by atoms with van der Waals surface area (Å²) in [5.74, 6) is 1.56. The Morgan fingerprint density at radius 1 is 1.15 bits per heavy atom. The van der Waals surface area contributed by atoms with Crippen LogP contribution in [0.4, 0.5) is 0 Å². The maximum Gasteiger partial charge on any atom is 0.140 e. The number of allylic oxidation sites excluding steroid dienone is 2. The predicted octanol–water partition coefficient (Wildman–Crippen LogP) is 4.07. The second-order valence-corrected chi connectivity index (χ2v) is 7.90. The molecule has 4 rings (SSSR count). The molecule has 0 unspecified atom stereocenters. The third kappa shape index (κ3) is 4.25. The van der Waals surface area contributed by atoms with E-state index in [-0.39, 0.29) is 0 Å². The van der Waals surface area contributed by atoms with Crippen molar-refractivity contribution in [2.45, 2.75) is 44.1 Å². The van der Waals surface area contributed by atoms with E-state index in [0.29, 0.717) is 6.42 Å². The van der Waals surface area contributed by atoms with Crippen LogP contribution in [0.1, 0.15) is 37.9 Å². The van der Waals surface area contributed by atoms with E-state index in [4.69, 9.17) is 4.52 Å². The van der Waals surface area contributed by atoms with Crippen molar-refractivity contribution >= 4 is 0 Å². The molecule has 1 fully saturated rings. The maximum absolute atomic E-state index is 11.0. The first-order chi connectivity index (χ1) is 12.7. The fraction of sp³-hybridized carbons (Fsp3) is 0.500. The number of hydrogen-bond acceptors (Lipinski definition) is 4. The molecular formula is C22H28N2O2. The summed E-state index contributed by atoms with van der Waals surface area (Å²) in [7, 11) is 0. The Morgan fingerprint density at radius 3 is 2.69 bits per heavy atom. The van der Waals surface area contributed by atoms with Crippen LogP contribution in [-0.4, -0.2) is 40.4 Å². The first-order valence-electron chi connectivity index (χ1n) is 9.81. The minimum absolute atomic E-state index is 0.548. The number of likely N-dealkylation sites (tertiary alicyclic amines) is 1. The highest BCUT2D eigenvalue weighted by molar-refractivity contribution is 5.58. The standard InChI is InChI=1S/C22H28N2O2/c25-22(11-13-24(14-12-22)17-18-7-3-1-4-8-18)16-20-15-21(23-26-20)19-9-5-2-6-10-19/h1-3,5-6,9-10,15,18,25H,4,7-8,11-14,16-17H2/t18-/m1/s1. The van der Waals surface area contributed by atoms with Gasteiger partial charge in [0, 0.05) is 37.7 Å². The molecule has 0 saturated carbocycles. The first kappa shape index (κ1) is 17.5. The van der Waals surface area contributed by atoms with E-state index < -0.39 is 5.60 Å². The van der Waals surface area contributed by atoms with E-state index in [1.165, 1.54) is 25.8 Å². The summed E-state index contributed by atoms with van der Waals surface area (Å²) < 4.78 is 5.50. The van der Waals surface area contributed by atoms with E-state index in [1.807, 2.05) is 36.4 Å². The summed E-state index contributed by atoms with van der Waals surface area (Å²) in [6.07, 6.45) is 10.5. The number of piperidine rings is 1. The number of benzene rings is 1. The molecule has 4 nitrogen and oxygen atoms in total. The topological polar surface area (TPSA) is 49.5 Å². The Bertz CT molecular complexity index is 730. The highest BCUT2D eigenvalue weighted by Gasteiger charge is 2.34. The van der Waals surface area contributed by atoms with Gasteiger partial charge in [-0.2, -0.15) is 0 Å². The van der Waals surface area contributed by atoms with Crippen molar-refractivity contribution in [3.63, 3.8) is 0 Å². The largest absolute Gasteiger partial charge is 0.389 e. The van der Waals surface area contributed by atoms with E-state index in [1.54, 1.807) is 0 Å². The first-order valence-corrected chi connectivity index (χ1v) is 9.81. The van der Waals surface area contributed by atoms with Gasteiger partial charge >= 0.3 is 0 Å². The quantitative estimate of drug-likeness (QED) is 0.824. The molecule has 1 atom stereocenters. The minimum atomic E-state index is -0.670. The highest BCUT2D eigenvalue weighted by atomic mass is 16.5. The molecule has 4 heteroatoms. The van der Waals surface area contributed by atoms with Gasteiger partial charge in [-0.3, -0.25) is 0 Å². The molecule has 0 amide bonds. The lowest BCUT2D eigenvalue weighted by Gasteiger charge is -2.39. The van der Waals surface area contributed by atoms with Crippen molar-refractivity contribution < 1.29 is 9.63 Å². The predicted molar refractivity (Wildman–Crippen MR) is 103 cm³/mol. The zero-order valence-electron chi connectivity index (χ0n) is 15.3. The molecule has 2 aromatic rings. The Kier molecular flexibility index (Phi) is 5.23. The number of hydrogen-bond donors (Lipinski definition) is 1. The Morgan fingerprint density at radius 2 is 1.96 bits per heavy atom. The number of aromatic nitrogens is 1. The second-order valence-electron chi connectivity index (χ2n) is 7.90. The molecule has 1 aliphatic carbocycles. The van der Waals surface area contributed by atoms with Gasteiger partial charge in [0.1, 0.15) is 11.5 Å². The molecule has 0 spiro atoms. The van der Waals surface area contributed by atoms with Gasteiger partial charge in [-0.1, -0.05) is 47.6 Å². The Hall–Kier alpha value is -1.91. The van der Waals surface area contributed by atoms with Crippen LogP contribution >= 0.6 is 0 Å². The van der Waals surface area contributed by atoms with Gasteiger partial charge in [0.25, 0.3) is 0 Å². The van der Waals surface area contributed by atoms with Crippen LogP contribution in [0.5, 0.6) is 0 Å². The smallest absolute Gasteiger partial charge is 0.140 e. The van der Waals surface area contributed by atoms with Gasteiger partial charge in [0.2, 0.25) is 0 Å². The molecule has 1 N–H and O–H groups in total. The fourth-order valence-corrected chi connectivity index (χ4v) is 4.18. The van der Waals surface area contributed by atoms with E-state index in [2.05, 4.69) is 22.2 Å². The van der Waals surface area contributed by atoms with Crippen molar-refractivity contribution in [3.05, 3.63) is 54.3 Å². The Balaban J connectivity index is 1.31. The zero-order chi connectivity index (χ0) is 17.8. The number of nitrogens with zero attached hydrogens (tertiary/aromatic N) is 2. The van der Waals surface area contributed by atoms with Crippen molar-refractivity contribution in [3.8, 4) is 11.3 Å². The molecule has 1 aliphatic heterocycles. The van der Waals surface area contributed by atoms with Crippen molar-refractivity contribution in [2.75, 3.05) is 19.6 Å². The molecule has 1 aromatic heterocycles. The monoisotopic (exact) mass is 352 g/mol. The van der Waals surface area contributed by atoms with E-state index >= 15 is 0 Å². The molecule has 26 heavy (non-hydrogen) atoms. The van der Waals surface area contributed by atoms with Crippen LogP contribution in [0.3, 0.4) is 0 Å². The van der Waals surface area contributed by atoms with Crippen molar-refractivity contribution in [1.29, 1.82) is 0 Å². The van der Waals surface area contributed by atoms with Gasteiger partial charge in [-0.05, 0) is 38.0 Å². The third-order valence-electron chi connectivity index (χ3n) is 5.81. The van der Waals surface area contributed by atoms with Gasteiger partial charge < -0.3 is 14.5 Å². The summed E-state index contributed by atoms with van der Waals surface area (Å²) in [4.78, 5) is 2.52. The van der Waals surface area contributed by atoms with Crippen LogP contribution < -0.4 is 0 Å². The average molecular weight is 352 g/mol. The summed E-state index contributed by atoms with van der Waals surface area (Å²) in [6.45, 7) is 3.10. The van der Waals surface area contributed by atoms with Crippen molar-refractivity contribution in [1.82, 2.24) is 10.1 Å². The molecule has 0 radical (unpaired) electrons. The highest BCUT2D eigenvalue weighted by Crippen LogP contribution is 2.29. The summed E-state index contributed by atoms with van der Waals surface area (Å²) >= 11 is 0. The molecule has 2 aliphatic rings. The molecule has 1 aromatic carbocycles. The van der Waals surface area contributed by atoms with Crippen LogP contribution in [0.25, 0.3) is 11.3 Å². The second kappa shape index (κ2) is 7.77. The number of rotatable bonds is 5. The molecule has 2 heterocycles. The van der Waals surface area contributed by atoms with E-state index in [0.717, 1.165) is 48.9 Å². The minimum Gasteiger partial charge on any atom is -0.389 e. The summed E-state index contributed by atoms with van der Waals surface area (Å²) in [6, 6.07) is 12.0. The van der Waals surface area contributed by atoms with Crippen LogP contribution in [0.15, 0.2) is 53.1 Å². The van der Waals surface area contributed by atoms with Gasteiger partial charge in [0.05, 0.1) is 5.60 Å². The summed E-state index contributed by atoms with van der Waals surface area (Å²) in [5.41, 5.74) is 1.22. The SMILES string of the molecule is OC1(Cc2cc(-c3ccccc3)no2)CCN(C[C@@H]2CC=CCC2)CC1. The third-order valence-corrected chi connectivity index (χ3v) is 5.81. The average Bonchev–Trinajstić information content (AvgIpc) is 3.13. The Labute approximate surface area is 155 Å². The lowest BCUT2D eigenvalue weighted by Crippen LogP contribution is -2.46. The van der Waals surface area contributed by atoms with Crippen LogP contribution in [-0.2, 0) is 6.42 Å². The van der Waals surface area contributed by atoms with Gasteiger partial charge in [0.15, 0.2) is 0 Å².